The average molecular weight is 293 g/mol. The van der Waals surface area contributed by atoms with Crippen LogP contribution in [-0.2, 0) is 17.8 Å². The Morgan fingerprint density at radius 3 is 3.05 bits per heavy atom. The van der Waals surface area contributed by atoms with Gasteiger partial charge in [-0.2, -0.15) is 0 Å². The molecule has 2 amide bonds. The fourth-order valence-electron chi connectivity index (χ4n) is 2.87. The molecule has 6 heteroatoms. The number of hydrogen-bond acceptors (Lipinski definition) is 4. The summed E-state index contributed by atoms with van der Waals surface area (Å²) in [5.41, 5.74) is 1.13. The largest absolute Gasteiger partial charge is 0.347 e. The van der Waals surface area contributed by atoms with E-state index in [0.717, 1.165) is 49.3 Å². The van der Waals surface area contributed by atoms with Crippen LogP contribution in [0.4, 0.5) is 0 Å². The Hall–Kier alpha value is -1.40. The molecule has 1 atom stereocenters. The third kappa shape index (κ3) is 2.71. The molecular formula is C14H19N3O2S. The summed E-state index contributed by atoms with van der Waals surface area (Å²) in [6, 6.07) is 2.21. The maximum Gasteiger partial charge on any atom is 0.261 e. The van der Waals surface area contributed by atoms with Crippen LogP contribution in [-0.4, -0.2) is 54.8 Å². The molecule has 20 heavy (non-hydrogen) atoms. The van der Waals surface area contributed by atoms with Crippen LogP contribution in [0.1, 0.15) is 26.5 Å². The van der Waals surface area contributed by atoms with Gasteiger partial charge < -0.3 is 15.1 Å². The lowest BCUT2D eigenvalue weighted by Crippen LogP contribution is -2.36. The molecule has 3 rings (SSSR count). The lowest BCUT2D eigenvalue weighted by atomic mass is 10.1. The number of amides is 2. The number of likely N-dealkylation sites (N-methyl/N-ethyl adjacent to an activating group) is 1. The Labute approximate surface area is 122 Å². The van der Waals surface area contributed by atoms with Gasteiger partial charge in [0.1, 0.15) is 0 Å². The molecule has 2 aliphatic rings. The molecule has 0 radical (unpaired) electrons. The summed E-state index contributed by atoms with van der Waals surface area (Å²) >= 11 is 1.57. The Morgan fingerprint density at radius 1 is 1.50 bits per heavy atom. The van der Waals surface area contributed by atoms with Crippen molar-refractivity contribution in [1.82, 2.24) is 15.1 Å². The van der Waals surface area contributed by atoms with Crippen LogP contribution in [0.5, 0.6) is 0 Å². The Bertz CT molecular complexity index is 528. The third-order valence-corrected chi connectivity index (χ3v) is 5.23. The minimum Gasteiger partial charge on any atom is -0.347 e. The molecule has 1 unspecified atom stereocenters. The minimum atomic E-state index is 0.0300. The van der Waals surface area contributed by atoms with Crippen molar-refractivity contribution in [3.8, 4) is 0 Å². The second-order valence-corrected chi connectivity index (χ2v) is 6.74. The van der Waals surface area contributed by atoms with Gasteiger partial charge in [-0.25, -0.2) is 0 Å². The maximum atomic E-state index is 12.3. The third-order valence-electron chi connectivity index (χ3n) is 4.00. The van der Waals surface area contributed by atoms with Gasteiger partial charge in [-0.1, -0.05) is 0 Å². The number of rotatable bonds is 3. The molecule has 2 aliphatic heterocycles. The van der Waals surface area contributed by atoms with Gasteiger partial charge in [-0.05, 0) is 38.1 Å². The van der Waals surface area contributed by atoms with E-state index in [9.17, 15) is 9.59 Å². The lowest BCUT2D eigenvalue weighted by Gasteiger charge is -2.22. The van der Waals surface area contributed by atoms with Crippen LogP contribution in [0, 0.1) is 0 Å². The predicted molar refractivity (Wildman–Crippen MR) is 77.9 cm³/mol. The van der Waals surface area contributed by atoms with Crippen LogP contribution in [0.2, 0.25) is 0 Å². The van der Waals surface area contributed by atoms with Crippen molar-refractivity contribution in [3.63, 3.8) is 0 Å². The van der Waals surface area contributed by atoms with Crippen molar-refractivity contribution >= 4 is 23.7 Å². The molecular weight excluding hydrogens is 274 g/mol. The zero-order chi connectivity index (χ0) is 14.1. The SMILES string of the molecule is CN1CCC(NC(=O)c2cc3c(s2)CCN(C=O)C3)C1. The van der Waals surface area contributed by atoms with Crippen molar-refractivity contribution in [2.45, 2.75) is 25.4 Å². The molecule has 0 saturated carbocycles. The van der Waals surface area contributed by atoms with Crippen LogP contribution in [0.25, 0.3) is 0 Å². The van der Waals surface area contributed by atoms with Gasteiger partial charge in [0, 0.05) is 30.6 Å². The van der Waals surface area contributed by atoms with E-state index in [-0.39, 0.29) is 11.9 Å². The van der Waals surface area contributed by atoms with Crippen LogP contribution >= 0.6 is 11.3 Å². The molecule has 3 heterocycles. The number of nitrogens with one attached hydrogen (secondary N) is 1. The highest BCUT2D eigenvalue weighted by molar-refractivity contribution is 7.14. The molecule has 1 aromatic heterocycles. The van der Waals surface area contributed by atoms with Gasteiger partial charge >= 0.3 is 0 Å². The summed E-state index contributed by atoms with van der Waals surface area (Å²) in [7, 11) is 2.07. The van der Waals surface area contributed by atoms with Crippen LogP contribution < -0.4 is 5.32 Å². The first-order valence-corrected chi connectivity index (χ1v) is 7.77. The van der Waals surface area contributed by atoms with Crippen LogP contribution in [0.15, 0.2) is 6.07 Å². The molecule has 1 saturated heterocycles. The lowest BCUT2D eigenvalue weighted by molar-refractivity contribution is -0.118. The standard InChI is InChI=1S/C14H19N3O2S/c1-16-4-2-11(8-16)15-14(19)13-6-10-7-17(9-18)5-3-12(10)20-13/h6,9,11H,2-5,7-8H2,1H3,(H,15,19). The Balaban J connectivity index is 1.67. The van der Waals surface area contributed by atoms with Gasteiger partial charge in [0.15, 0.2) is 0 Å². The quantitative estimate of drug-likeness (QED) is 0.835. The van der Waals surface area contributed by atoms with Gasteiger partial charge in [0.05, 0.1) is 4.88 Å². The highest BCUT2D eigenvalue weighted by Gasteiger charge is 2.24. The molecule has 0 aromatic carbocycles. The number of likely N-dealkylation sites (tertiary alicyclic amines) is 1. The molecule has 0 spiro atoms. The first kappa shape index (κ1) is 13.6. The molecule has 1 aromatic rings. The van der Waals surface area contributed by atoms with E-state index >= 15 is 0 Å². The van der Waals surface area contributed by atoms with Gasteiger partial charge in [0.25, 0.3) is 5.91 Å². The molecule has 0 aliphatic carbocycles. The number of carbonyl (C=O) groups excluding carboxylic acids is 2. The van der Waals surface area contributed by atoms with E-state index in [1.807, 2.05) is 6.07 Å². The number of fused-ring (bicyclic) bond motifs is 1. The number of carbonyl (C=O) groups is 2. The molecule has 1 N–H and O–H groups in total. The monoisotopic (exact) mass is 293 g/mol. The maximum absolute atomic E-state index is 12.3. The Morgan fingerprint density at radius 2 is 2.35 bits per heavy atom. The fourth-order valence-corrected chi connectivity index (χ4v) is 3.93. The smallest absolute Gasteiger partial charge is 0.261 e. The van der Waals surface area contributed by atoms with E-state index in [2.05, 4.69) is 17.3 Å². The molecule has 108 valence electrons. The zero-order valence-corrected chi connectivity index (χ0v) is 12.4. The summed E-state index contributed by atoms with van der Waals surface area (Å²) in [5.74, 6) is 0.0300. The number of thiophene rings is 1. The second kappa shape index (κ2) is 5.54. The number of nitrogens with zero attached hydrogens (tertiary/aromatic N) is 2. The number of hydrogen-bond donors (Lipinski definition) is 1. The predicted octanol–water partition coefficient (Wildman–Crippen LogP) is 0.696. The normalized spacial score (nSPS) is 22.6. The van der Waals surface area contributed by atoms with Gasteiger partial charge in [-0.3, -0.25) is 9.59 Å². The zero-order valence-electron chi connectivity index (χ0n) is 11.6. The molecule has 5 nitrogen and oxygen atoms in total. The van der Waals surface area contributed by atoms with E-state index < -0.39 is 0 Å². The first-order valence-electron chi connectivity index (χ1n) is 6.96. The van der Waals surface area contributed by atoms with E-state index in [1.54, 1.807) is 16.2 Å². The first-order chi connectivity index (χ1) is 9.65. The van der Waals surface area contributed by atoms with Crippen molar-refractivity contribution < 1.29 is 9.59 Å². The van der Waals surface area contributed by atoms with E-state index in [1.165, 1.54) is 4.88 Å². The van der Waals surface area contributed by atoms with Crippen LogP contribution in [0.3, 0.4) is 0 Å². The summed E-state index contributed by atoms with van der Waals surface area (Å²) in [4.78, 5) is 29.1. The van der Waals surface area contributed by atoms with Crippen molar-refractivity contribution in [2.75, 3.05) is 26.7 Å². The van der Waals surface area contributed by atoms with Gasteiger partial charge in [0.2, 0.25) is 6.41 Å². The topological polar surface area (TPSA) is 52.7 Å². The fraction of sp³-hybridized carbons (Fsp3) is 0.571. The van der Waals surface area contributed by atoms with Crippen molar-refractivity contribution in [2.24, 2.45) is 0 Å². The Kier molecular flexibility index (Phi) is 3.76. The van der Waals surface area contributed by atoms with E-state index in [4.69, 9.17) is 0 Å². The minimum absolute atomic E-state index is 0.0300. The highest BCUT2D eigenvalue weighted by Crippen LogP contribution is 2.27. The van der Waals surface area contributed by atoms with Crippen molar-refractivity contribution in [3.05, 3.63) is 21.4 Å². The van der Waals surface area contributed by atoms with Crippen molar-refractivity contribution in [1.29, 1.82) is 0 Å². The summed E-state index contributed by atoms with van der Waals surface area (Å²) in [5, 5.41) is 3.11. The van der Waals surface area contributed by atoms with Gasteiger partial charge in [-0.15, -0.1) is 11.3 Å². The molecule has 1 fully saturated rings. The highest BCUT2D eigenvalue weighted by atomic mass is 32.1. The average Bonchev–Trinajstić information content (AvgIpc) is 3.03. The summed E-state index contributed by atoms with van der Waals surface area (Å²) in [6.07, 6.45) is 2.76. The summed E-state index contributed by atoms with van der Waals surface area (Å²) < 4.78 is 0. The molecule has 0 bridgehead atoms. The van der Waals surface area contributed by atoms with E-state index in [0.29, 0.717) is 6.54 Å². The summed E-state index contributed by atoms with van der Waals surface area (Å²) in [6.45, 7) is 3.36. The second-order valence-electron chi connectivity index (χ2n) is 5.61.